The van der Waals surface area contributed by atoms with Crippen molar-refractivity contribution in [1.82, 2.24) is 15.4 Å². The summed E-state index contributed by atoms with van der Waals surface area (Å²) in [4.78, 5) is 4.40. The Hall–Kier alpha value is -0.130. The van der Waals surface area contributed by atoms with Crippen LogP contribution in [0.25, 0.3) is 0 Å². The standard InChI is InChI=1S/C12H28N4O3S.HI/c1-6-13-11(15-10-12(3,4)19-5)14-8-9-16-20(17,18)7-2;/h16H,6-10H2,1-5H3,(H2,13,14,15);1H. The minimum Gasteiger partial charge on any atom is -0.377 e. The van der Waals surface area contributed by atoms with Crippen LogP contribution in [0, 0.1) is 0 Å². The molecule has 21 heavy (non-hydrogen) atoms. The minimum absolute atomic E-state index is 0. The molecule has 0 heterocycles. The van der Waals surface area contributed by atoms with E-state index >= 15 is 0 Å². The molecule has 0 saturated carbocycles. The van der Waals surface area contributed by atoms with Crippen LogP contribution >= 0.6 is 24.0 Å². The number of nitrogens with zero attached hydrogens (tertiary/aromatic N) is 1. The number of nitrogens with one attached hydrogen (secondary N) is 3. The van der Waals surface area contributed by atoms with Crippen molar-refractivity contribution in [3.8, 4) is 0 Å². The van der Waals surface area contributed by atoms with E-state index in [-0.39, 0.29) is 35.3 Å². The third-order valence-electron chi connectivity index (χ3n) is 2.63. The normalized spacial score (nSPS) is 12.7. The van der Waals surface area contributed by atoms with E-state index in [1.165, 1.54) is 0 Å². The van der Waals surface area contributed by atoms with Gasteiger partial charge in [0.05, 0.1) is 17.9 Å². The summed E-state index contributed by atoms with van der Waals surface area (Å²) in [5, 5.41) is 6.17. The van der Waals surface area contributed by atoms with Crippen molar-refractivity contribution < 1.29 is 13.2 Å². The molecule has 0 spiro atoms. The Morgan fingerprint density at radius 1 is 1.19 bits per heavy atom. The highest BCUT2D eigenvalue weighted by Gasteiger charge is 2.15. The molecule has 0 radical (unpaired) electrons. The highest BCUT2D eigenvalue weighted by atomic mass is 127. The summed E-state index contributed by atoms with van der Waals surface area (Å²) < 4.78 is 30.3. The smallest absolute Gasteiger partial charge is 0.211 e. The molecule has 0 rings (SSSR count). The SMILES string of the molecule is CCNC(=NCC(C)(C)OC)NCCNS(=O)(=O)CC.I. The third-order valence-corrected chi connectivity index (χ3v) is 4.04. The van der Waals surface area contributed by atoms with E-state index in [2.05, 4.69) is 20.3 Å². The van der Waals surface area contributed by atoms with Gasteiger partial charge < -0.3 is 15.4 Å². The predicted molar refractivity (Wildman–Crippen MR) is 97.9 cm³/mol. The van der Waals surface area contributed by atoms with Gasteiger partial charge in [0.25, 0.3) is 0 Å². The molecule has 0 aromatic rings. The number of hydrogen-bond donors (Lipinski definition) is 3. The van der Waals surface area contributed by atoms with E-state index in [0.29, 0.717) is 25.6 Å². The van der Waals surface area contributed by atoms with E-state index < -0.39 is 10.0 Å². The number of hydrogen-bond acceptors (Lipinski definition) is 4. The van der Waals surface area contributed by atoms with Crippen molar-refractivity contribution in [2.75, 3.05) is 39.0 Å². The number of ether oxygens (including phenoxy) is 1. The number of aliphatic imine (C=N–C) groups is 1. The summed E-state index contributed by atoms with van der Waals surface area (Å²) in [6, 6.07) is 0. The second-order valence-corrected chi connectivity index (χ2v) is 6.98. The largest absolute Gasteiger partial charge is 0.377 e. The van der Waals surface area contributed by atoms with E-state index in [1.54, 1.807) is 14.0 Å². The molecule has 9 heteroatoms. The van der Waals surface area contributed by atoms with Gasteiger partial charge >= 0.3 is 0 Å². The molecule has 3 N–H and O–H groups in total. The van der Waals surface area contributed by atoms with E-state index in [0.717, 1.165) is 6.54 Å². The molecular weight excluding hydrogens is 407 g/mol. The lowest BCUT2D eigenvalue weighted by molar-refractivity contribution is 0.0310. The Balaban J connectivity index is 0. The van der Waals surface area contributed by atoms with Crippen LogP contribution in [0.15, 0.2) is 4.99 Å². The first-order valence-electron chi connectivity index (χ1n) is 6.81. The summed E-state index contributed by atoms with van der Waals surface area (Å²) in [5.41, 5.74) is -0.327. The van der Waals surface area contributed by atoms with Crippen molar-refractivity contribution >= 4 is 40.0 Å². The van der Waals surface area contributed by atoms with E-state index in [4.69, 9.17) is 4.74 Å². The van der Waals surface area contributed by atoms with Crippen LogP contribution in [0.1, 0.15) is 27.7 Å². The lowest BCUT2D eigenvalue weighted by Gasteiger charge is -2.21. The summed E-state index contributed by atoms with van der Waals surface area (Å²) in [6.45, 7) is 9.53. The summed E-state index contributed by atoms with van der Waals surface area (Å²) in [5.74, 6) is 0.733. The number of guanidine groups is 1. The van der Waals surface area contributed by atoms with Gasteiger partial charge in [-0.2, -0.15) is 0 Å². The van der Waals surface area contributed by atoms with Gasteiger partial charge in [0, 0.05) is 26.7 Å². The highest BCUT2D eigenvalue weighted by Crippen LogP contribution is 2.06. The van der Waals surface area contributed by atoms with Crippen LogP contribution in [-0.2, 0) is 14.8 Å². The van der Waals surface area contributed by atoms with Crippen molar-refractivity contribution in [2.45, 2.75) is 33.3 Å². The molecule has 7 nitrogen and oxygen atoms in total. The van der Waals surface area contributed by atoms with Crippen LogP contribution in [0.5, 0.6) is 0 Å². The maximum atomic E-state index is 11.3. The molecular formula is C12H29IN4O3S. The fourth-order valence-electron chi connectivity index (χ4n) is 1.17. The van der Waals surface area contributed by atoms with Crippen LogP contribution in [0.2, 0.25) is 0 Å². The second-order valence-electron chi connectivity index (χ2n) is 4.88. The van der Waals surface area contributed by atoms with Crippen molar-refractivity contribution in [1.29, 1.82) is 0 Å². The molecule has 0 bridgehead atoms. The van der Waals surface area contributed by atoms with Crippen molar-refractivity contribution in [2.24, 2.45) is 4.99 Å². The van der Waals surface area contributed by atoms with Gasteiger partial charge in [-0.05, 0) is 27.7 Å². The molecule has 128 valence electrons. The van der Waals surface area contributed by atoms with Gasteiger partial charge in [-0.3, -0.25) is 4.99 Å². The van der Waals surface area contributed by atoms with Gasteiger partial charge in [0.15, 0.2) is 5.96 Å². The van der Waals surface area contributed by atoms with Gasteiger partial charge in [0.2, 0.25) is 10.0 Å². The average Bonchev–Trinajstić information content (AvgIpc) is 2.41. The van der Waals surface area contributed by atoms with E-state index in [9.17, 15) is 8.42 Å². The van der Waals surface area contributed by atoms with Gasteiger partial charge in [-0.25, -0.2) is 13.1 Å². The Morgan fingerprint density at radius 3 is 2.29 bits per heavy atom. The molecule has 0 aromatic carbocycles. The van der Waals surface area contributed by atoms with E-state index in [1.807, 2.05) is 20.8 Å². The Labute approximate surface area is 145 Å². The highest BCUT2D eigenvalue weighted by molar-refractivity contribution is 14.0. The topological polar surface area (TPSA) is 91.8 Å². The monoisotopic (exact) mass is 436 g/mol. The third kappa shape index (κ3) is 12.1. The molecule has 0 aliphatic heterocycles. The molecule has 0 saturated heterocycles. The average molecular weight is 436 g/mol. The number of rotatable bonds is 9. The van der Waals surface area contributed by atoms with Gasteiger partial charge in [-0.15, -0.1) is 24.0 Å². The maximum absolute atomic E-state index is 11.3. The Morgan fingerprint density at radius 2 is 1.81 bits per heavy atom. The molecule has 0 aliphatic rings. The molecule has 0 fully saturated rings. The lowest BCUT2D eigenvalue weighted by Crippen LogP contribution is -2.42. The number of methoxy groups -OCH3 is 1. The fourth-order valence-corrected chi connectivity index (χ4v) is 1.78. The zero-order valence-corrected chi connectivity index (χ0v) is 16.7. The zero-order chi connectivity index (χ0) is 15.6. The number of sulfonamides is 1. The van der Waals surface area contributed by atoms with Crippen LogP contribution in [-0.4, -0.2) is 59.0 Å². The molecule has 0 amide bonds. The van der Waals surface area contributed by atoms with Crippen LogP contribution in [0.4, 0.5) is 0 Å². The fraction of sp³-hybridized carbons (Fsp3) is 0.917. The molecule has 0 unspecified atom stereocenters. The molecule has 0 aromatic heterocycles. The first-order valence-corrected chi connectivity index (χ1v) is 8.46. The quantitative estimate of drug-likeness (QED) is 0.212. The van der Waals surface area contributed by atoms with Crippen LogP contribution in [0.3, 0.4) is 0 Å². The summed E-state index contributed by atoms with van der Waals surface area (Å²) in [7, 11) is -1.49. The zero-order valence-electron chi connectivity index (χ0n) is 13.5. The lowest BCUT2D eigenvalue weighted by atomic mass is 10.1. The molecule has 0 atom stereocenters. The van der Waals surface area contributed by atoms with Gasteiger partial charge in [0.1, 0.15) is 0 Å². The van der Waals surface area contributed by atoms with Crippen molar-refractivity contribution in [3.63, 3.8) is 0 Å². The first kappa shape index (κ1) is 23.1. The Kier molecular flexibility index (Phi) is 12.6. The molecule has 0 aliphatic carbocycles. The number of halogens is 1. The summed E-state index contributed by atoms with van der Waals surface area (Å²) >= 11 is 0. The maximum Gasteiger partial charge on any atom is 0.211 e. The van der Waals surface area contributed by atoms with Crippen LogP contribution < -0.4 is 15.4 Å². The Bertz CT molecular complexity index is 399. The van der Waals surface area contributed by atoms with Crippen molar-refractivity contribution in [3.05, 3.63) is 0 Å². The summed E-state index contributed by atoms with van der Waals surface area (Å²) in [6.07, 6.45) is 0. The first-order chi connectivity index (χ1) is 9.26. The second kappa shape index (κ2) is 11.4. The predicted octanol–water partition coefficient (Wildman–Crippen LogP) is 0.524. The minimum atomic E-state index is -3.14. The van der Waals surface area contributed by atoms with Gasteiger partial charge in [-0.1, -0.05) is 0 Å².